The van der Waals surface area contributed by atoms with E-state index in [9.17, 15) is 9.59 Å². The van der Waals surface area contributed by atoms with Crippen molar-refractivity contribution in [2.75, 3.05) is 27.3 Å². The Morgan fingerprint density at radius 2 is 1.43 bits per heavy atom. The van der Waals surface area contributed by atoms with Gasteiger partial charge in [0.2, 0.25) is 0 Å². The summed E-state index contributed by atoms with van der Waals surface area (Å²) < 4.78 is 11.6. The van der Waals surface area contributed by atoms with Gasteiger partial charge >= 0.3 is 0 Å². The number of carbonyl (C=O) groups excluding carboxylic acids is 2. The molecule has 0 fully saturated rings. The van der Waals surface area contributed by atoms with Gasteiger partial charge in [-0.25, -0.2) is 0 Å². The monoisotopic (exact) mass is 400 g/mol. The summed E-state index contributed by atoms with van der Waals surface area (Å²) in [7, 11) is 3.28. The van der Waals surface area contributed by atoms with Crippen LogP contribution in [0.1, 0.15) is 31.8 Å². The van der Waals surface area contributed by atoms with E-state index in [1.165, 1.54) is 4.90 Å². The first-order valence-electron chi connectivity index (χ1n) is 9.80. The number of amides is 2. The third kappa shape index (κ3) is 2.53. The molecule has 0 atom stereocenters. The molecule has 2 aliphatic rings. The average Bonchev–Trinajstić information content (AvgIpc) is 3.02. The van der Waals surface area contributed by atoms with Crippen molar-refractivity contribution in [1.29, 1.82) is 0 Å². The zero-order chi connectivity index (χ0) is 20.8. The Morgan fingerprint density at radius 1 is 0.867 bits per heavy atom. The number of ether oxygens (including phenoxy) is 2. The van der Waals surface area contributed by atoms with Crippen molar-refractivity contribution >= 4 is 28.3 Å². The average molecular weight is 400 g/mol. The molecule has 0 spiro atoms. The summed E-state index contributed by atoms with van der Waals surface area (Å²) in [4.78, 5) is 31.7. The van der Waals surface area contributed by atoms with Crippen molar-refractivity contribution in [3.05, 3.63) is 70.8 Å². The van der Waals surface area contributed by atoms with Crippen molar-refractivity contribution in [2.45, 2.75) is 6.42 Å². The molecule has 150 valence electrons. The number of hydrogen-bond acceptors (Lipinski definition) is 5. The fourth-order valence-corrected chi connectivity index (χ4v) is 4.46. The van der Waals surface area contributed by atoms with Crippen molar-refractivity contribution in [3.8, 4) is 11.5 Å². The summed E-state index contributed by atoms with van der Waals surface area (Å²) >= 11 is 0. The second kappa shape index (κ2) is 6.99. The van der Waals surface area contributed by atoms with Gasteiger partial charge in [-0.3, -0.25) is 19.5 Å². The van der Waals surface area contributed by atoms with E-state index >= 15 is 0 Å². The Balaban J connectivity index is 1.64. The van der Waals surface area contributed by atoms with Crippen LogP contribution in [0.3, 0.4) is 0 Å². The second-order valence-corrected chi connectivity index (χ2v) is 7.29. The molecule has 0 unspecified atom stereocenters. The molecule has 6 nitrogen and oxygen atoms in total. The van der Waals surface area contributed by atoms with E-state index in [4.69, 9.17) is 14.5 Å². The molecule has 3 aromatic rings. The van der Waals surface area contributed by atoms with E-state index in [2.05, 4.69) is 0 Å². The fourth-order valence-electron chi connectivity index (χ4n) is 4.46. The van der Waals surface area contributed by atoms with Crippen LogP contribution in [-0.2, 0) is 6.42 Å². The maximum Gasteiger partial charge on any atom is 0.261 e. The maximum atomic E-state index is 12.9. The van der Waals surface area contributed by atoms with Gasteiger partial charge in [0.1, 0.15) is 11.5 Å². The smallest absolute Gasteiger partial charge is 0.261 e. The molecule has 0 aromatic heterocycles. The highest BCUT2D eigenvalue weighted by atomic mass is 16.5. The van der Waals surface area contributed by atoms with Gasteiger partial charge in [-0.2, -0.15) is 0 Å². The normalized spacial score (nSPS) is 15.1. The van der Waals surface area contributed by atoms with Crippen LogP contribution in [0.25, 0.3) is 10.8 Å². The molecule has 2 aliphatic heterocycles. The number of methoxy groups -OCH3 is 2. The second-order valence-electron chi connectivity index (χ2n) is 7.29. The van der Waals surface area contributed by atoms with Crippen LogP contribution in [0.4, 0.5) is 0 Å². The first-order chi connectivity index (χ1) is 14.7. The van der Waals surface area contributed by atoms with E-state index in [1.807, 2.05) is 24.3 Å². The number of hydrogen-bond donors (Lipinski definition) is 0. The minimum atomic E-state index is -0.294. The van der Waals surface area contributed by atoms with Crippen LogP contribution in [-0.4, -0.2) is 49.7 Å². The van der Waals surface area contributed by atoms with Crippen molar-refractivity contribution < 1.29 is 19.1 Å². The van der Waals surface area contributed by atoms with Crippen molar-refractivity contribution in [2.24, 2.45) is 4.99 Å². The van der Waals surface area contributed by atoms with Crippen LogP contribution in [0.2, 0.25) is 0 Å². The van der Waals surface area contributed by atoms with Crippen LogP contribution in [0.5, 0.6) is 11.5 Å². The number of rotatable bonds is 4. The molecule has 0 radical (unpaired) electrons. The predicted octanol–water partition coefficient (Wildman–Crippen LogP) is 3.50. The molecule has 2 heterocycles. The molecule has 3 aromatic carbocycles. The number of nitrogens with zero attached hydrogens (tertiary/aromatic N) is 2. The van der Waals surface area contributed by atoms with E-state index in [0.717, 1.165) is 27.6 Å². The topological polar surface area (TPSA) is 68.2 Å². The third-order valence-electron chi connectivity index (χ3n) is 5.77. The highest BCUT2D eigenvalue weighted by Gasteiger charge is 2.37. The lowest BCUT2D eigenvalue weighted by Gasteiger charge is -2.26. The summed E-state index contributed by atoms with van der Waals surface area (Å²) in [5, 5.41) is 1.88. The number of carbonyl (C=O) groups is 2. The molecule has 0 N–H and O–H groups in total. The van der Waals surface area contributed by atoms with Crippen molar-refractivity contribution in [1.82, 2.24) is 4.90 Å². The van der Waals surface area contributed by atoms with E-state index in [0.29, 0.717) is 35.6 Å². The predicted molar refractivity (Wildman–Crippen MR) is 114 cm³/mol. The van der Waals surface area contributed by atoms with Gasteiger partial charge in [0.25, 0.3) is 11.8 Å². The minimum Gasteiger partial charge on any atom is -0.496 e. The number of imide groups is 1. The van der Waals surface area contributed by atoms with Gasteiger partial charge in [-0.1, -0.05) is 36.4 Å². The first kappa shape index (κ1) is 18.4. The maximum absolute atomic E-state index is 12.9. The lowest BCUT2D eigenvalue weighted by molar-refractivity contribution is 0.0677. The Bertz CT molecular complexity index is 1210. The third-order valence-corrected chi connectivity index (χ3v) is 5.77. The molecule has 0 saturated carbocycles. The highest BCUT2D eigenvalue weighted by Crippen LogP contribution is 2.42. The van der Waals surface area contributed by atoms with Crippen LogP contribution in [0, 0.1) is 0 Å². The Kier molecular flexibility index (Phi) is 4.28. The quantitative estimate of drug-likeness (QED) is 0.629. The number of benzene rings is 3. The Labute approximate surface area is 173 Å². The molecule has 0 bridgehead atoms. The summed E-state index contributed by atoms with van der Waals surface area (Å²) in [5.41, 5.74) is 3.33. The van der Waals surface area contributed by atoms with Crippen molar-refractivity contribution in [3.63, 3.8) is 0 Å². The van der Waals surface area contributed by atoms with Gasteiger partial charge in [-0.15, -0.1) is 0 Å². The van der Waals surface area contributed by atoms with E-state index < -0.39 is 0 Å². The van der Waals surface area contributed by atoms with Gasteiger partial charge in [-0.05, 0) is 18.6 Å². The molecule has 0 saturated heterocycles. The number of fused-ring (bicyclic) bond motifs is 3. The molecule has 5 rings (SSSR count). The van der Waals surface area contributed by atoms with Gasteiger partial charge in [0, 0.05) is 28.4 Å². The molecular formula is C24H20N2O4. The molecule has 6 heteroatoms. The van der Waals surface area contributed by atoms with Crippen LogP contribution < -0.4 is 9.47 Å². The largest absolute Gasteiger partial charge is 0.496 e. The summed E-state index contributed by atoms with van der Waals surface area (Å²) in [6.07, 6.45) is 0.700. The molecule has 0 aliphatic carbocycles. The zero-order valence-corrected chi connectivity index (χ0v) is 16.8. The highest BCUT2D eigenvalue weighted by molar-refractivity contribution is 6.24. The lowest BCUT2D eigenvalue weighted by atomic mass is 9.90. The minimum absolute atomic E-state index is 0.0944. The fraction of sp³-hybridized carbons (Fsp3) is 0.208. The molecule has 2 amide bonds. The standard InChI is InChI=1S/C24H20N2O4/c1-29-21-14-7-3-4-8-15(14)22(30-2)20-18(21)11-12-25-19(20)13-26-23(27)16-9-5-6-10-17(16)24(26)28/h3-10H,11-13H2,1-2H3. The van der Waals surface area contributed by atoms with E-state index in [1.54, 1.807) is 38.5 Å². The number of aliphatic imine (C=N–C) groups is 1. The Morgan fingerprint density at radius 3 is 2.03 bits per heavy atom. The summed E-state index contributed by atoms with van der Waals surface area (Å²) in [6, 6.07) is 14.8. The van der Waals surface area contributed by atoms with Gasteiger partial charge in [0.15, 0.2) is 0 Å². The lowest BCUT2D eigenvalue weighted by Crippen LogP contribution is -2.36. The van der Waals surface area contributed by atoms with Gasteiger partial charge in [0.05, 0.1) is 37.6 Å². The summed E-state index contributed by atoms with van der Waals surface area (Å²) in [6.45, 7) is 0.653. The Hall–Kier alpha value is -3.67. The summed E-state index contributed by atoms with van der Waals surface area (Å²) in [5.74, 6) is 0.891. The molecular weight excluding hydrogens is 380 g/mol. The SMILES string of the molecule is COc1c2c(c(OC)c3ccccc13)C(CN1C(=O)c3ccccc3C1=O)=NCC2. The van der Waals surface area contributed by atoms with Crippen LogP contribution in [0.15, 0.2) is 53.5 Å². The first-order valence-corrected chi connectivity index (χ1v) is 9.80. The van der Waals surface area contributed by atoms with E-state index in [-0.39, 0.29) is 18.4 Å². The van der Waals surface area contributed by atoms with Crippen LogP contribution >= 0.6 is 0 Å². The zero-order valence-electron chi connectivity index (χ0n) is 16.8. The van der Waals surface area contributed by atoms with Gasteiger partial charge < -0.3 is 9.47 Å². The molecule has 30 heavy (non-hydrogen) atoms.